The maximum Gasteiger partial charge on any atom is 0.324 e. The van der Waals surface area contributed by atoms with Crippen molar-refractivity contribution < 1.29 is 9.72 Å². The molecule has 3 aromatic rings. The Balaban J connectivity index is 1.45. The number of fused-ring (bicyclic) bond motifs is 1. The molecule has 0 unspecified atom stereocenters. The van der Waals surface area contributed by atoms with Crippen LogP contribution in [-0.4, -0.2) is 46.9 Å². The summed E-state index contributed by atoms with van der Waals surface area (Å²) in [6.45, 7) is 4.72. The zero-order valence-electron chi connectivity index (χ0n) is 14.8. The number of carbonyl (C=O) groups is 1. The molecule has 140 valence electrons. The van der Waals surface area contributed by atoms with Gasteiger partial charge >= 0.3 is 5.00 Å². The lowest BCUT2D eigenvalue weighted by molar-refractivity contribution is -0.380. The van der Waals surface area contributed by atoms with Gasteiger partial charge in [0.25, 0.3) is 5.91 Å². The summed E-state index contributed by atoms with van der Waals surface area (Å²) in [5.41, 5.74) is 2.33. The van der Waals surface area contributed by atoms with Gasteiger partial charge in [0.15, 0.2) is 5.13 Å². The number of thiophene rings is 1. The largest absolute Gasteiger partial charge is 0.345 e. The molecule has 0 spiro atoms. The van der Waals surface area contributed by atoms with Crippen LogP contribution < -0.4 is 4.90 Å². The van der Waals surface area contributed by atoms with E-state index in [1.165, 1.54) is 22.4 Å². The number of hydrogen-bond donors (Lipinski definition) is 0. The van der Waals surface area contributed by atoms with E-state index in [-0.39, 0.29) is 10.9 Å². The fourth-order valence-corrected chi connectivity index (χ4v) is 5.07. The lowest BCUT2D eigenvalue weighted by Crippen LogP contribution is -2.48. The lowest BCUT2D eigenvalue weighted by atomic mass is 10.1. The zero-order chi connectivity index (χ0) is 19.0. The number of amides is 1. The summed E-state index contributed by atoms with van der Waals surface area (Å²) in [5, 5.41) is 11.8. The summed E-state index contributed by atoms with van der Waals surface area (Å²) in [7, 11) is 0. The molecule has 9 heteroatoms. The van der Waals surface area contributed by atoms with Gasteiger partial charge in [-0.2, -0.15) is 0 Å². The number of aryl methyl sites for hydroxylation is 1. The Morgan fingerprint density at radius 1 is 1.19 bits per heavy atom. The molecule has 0 saturated carbocycles. The van der Waals surface area contributed by atoms with E-state index in [4.69, 9.17) is 4.98 Å². The number of anilines is 1. The number of piperazine rings is 1. The van der Waals surface area contributed by atoms with Gasteiger partial charge in [0, 0.05) is 32.2 Å². The van der Waals surface area contributed by atoms with Gasteiger partial charge in [-0.1, -0.05) is 41.7 Å². The van der Waals surface area contributed by atoms with Crippen LogP contribution >= 0.6 is 22.7 Å². The summed E-state index contributed by atoms with van der Waals surface area (Å²) >= 11 is 2.62. The SMILES string of the molecule is CCc1cccc2sc(N3CCN(C(=O)c4ccc([N+](=O)[O-])s4)CC3)nc12. The van der Waals surface area contributed by atoms with Crippen LogP contribution in [0.1, 0.15) is 22.2 Å². The van der Waals surface area contributed by atoms with Gasteiger partial charge in [0.05, 0.1) is 20.0 Å². The summed E-state index contributed by atoms with van der Waals surface area (Å²) in [4.78, 5) is 32.2. The predicted molar refractivity (Wildman–Crippen MR) is 108 cm³/mol. The van der Waals surface area contributed by atoms with Crippen molar-refractivity contribution in [2.24, 2.45) is 0 Å². The van der Waals surface area contributed by atoms with Crippen LogP contribution in [0.5, 0.6) is 0 Å². The van der Waals surface area contributed by atoms with E-state index in [9.17, 15) is 14.9 Å². The first-order valence-corrected chi connectivity index (χ1v) is 10.4. The summed E-state index contributed by atoms with van der Waals surface area (Å²) in [6.07, 6.45) is 0.954. The van der Waals surface area contributed by atoms with Gasteiger partial charge in [0.2, 0.25) is 0 Å². The monoisotopic (exact) mass is 402 g/mol. The molecule has 2 aromatic heterocycles. The summed E-state index contributed by atoms with van der Waals surface area (Å²) in [6, 6.07) is 9.21. The Bertz CT molecular complexity index is 1010. The van der Waals surface area contributed by atoms with Crippen molar-refractivity contribution in [2.45, 2.75) is 13.3 Å². The van der Waals surface area contributed by atoms with Gasteiger partial charge in [-0.05, 0) is 24.1 Å². The van der Waals surface area contributed by atoms with Crippen LogP contribution in [0, 0.1) is 10.1 Å². The second-order valence-corrected chi connectivity index (χ2v) is 8.36. The Morgan fingerprint density at radius 2 is 1.96 bits per heavy atom. The van der Waals surface area contributed by atoms with Gasteiger partial charge in [-0.3, -0.25) is 14.9 Å². The van der Waals surface area contributed by atoms with Crippen molar-refractivity contribution in [3.05, 3.63) is 50.9 Å². The molecule has 0 aliphatic carbocycles. The summed E-state index contributed by atoms with van der Waals surface area (Å²) in [5.74, 6) is -0.134. The quantitative estimate of drug-likeness (QED) is 0.490. The molecule has 1 aromatic carbocycles. The molecular formula is C18H18N4O3S2. The molecule has 1 amide bonds. The number of aromatic nitrogens is 1. The van der Waals surface area contributed by atoms with E-state index in [0.717, 1.165) is 28.4 Å². The van der Waals surface area contributed by atoms with E-state index >= 15 is 0 Å². The predicted octanol–water partition coefficient (Wildman–Crippen LogP) is 3.79. The maximum absolute atomic E-state index is 12.6. The number of nitro groups is 1. The third-order valence-electron chi connectivity index (χ3n) is 4.69. The highest BCUT2D eigenvalue weighted by atomic mass is 32.1. The fraction of sp³-hybridized carbons (Fsp3) is 0.333. The minimum atomic E-state index is -0.461. The molecule has 0 N–H and O–H groups in total. The third-order valence-corrected chi connectivity index (χ3v) is 6.80. The van der Waals surface area contributed by atoms with Crippen LogP contribution in [-0.2, 0) is 6.42 Å². The Hall–Kier alpha value is -2.52. The molecule has 0 atom stereocenters. The number of carbonyl (C=O) groups excluding carboxylic acids is 1. The van der Waals surface area contributed by atoms with Gasteiger partial charge in [-0.25, -0.2) is 4.98 Å². The highest BCUT2D eigenvalue weighted by Crippen LogP contribution is 2.32. The third kappa shape index (κ3) is 3.40. The second-order valence-electron chi connectivity index (χ2n) is 6.29. The smallest absolute Gasteiger partial charge is 0.324 e. The highest BCUT2D eigenvalue weighted by Gasteiger charge is 2.26. The van der Waals surface area contributed by atoms with E-state index in [1.807, 2.05) is 0 Å². The topological polar surface area (TPSA) is 79.6 Å². The number of thiazole rings is 1. The van der Waals surface area contributed by atoms with Crippen molar-refractivity contribution >= 4 is 48.9 Å². The average molecular weight is 403 g/mol. The molecule has 1 saturated heterocycles. The van der Waals surface area contributed by atoms with Crippen LogP contribution in [0.3, 0.4) is 0 Å². The number of nitrogens with zero attached hydrogens (tertiary/aromatic N) is 4. The van der Waals surface area contributed by atoms with Gasteiger partial charge in [-0.15, -0.1) is 0 Å². The maximum atomic E-state index is 12.6. The van der Waals surface area contributed by atoms with Crippen molar-refractivity contribution in [3.63, 3.8) is 0 Å². The standard InChI is InChI=1S/C18H18N4O3S2/c1-2-12-4-3-5-13-16(12)19-18(27-13)21-10-8-20(9-11-21)17(23)14-6-7-15(26-14)22(24)25/h3-7H,2,8-11H2,1H3. The van der Waals surface area contributed by atoms with Crippen LogP contribution in [0.25, 0.3) is 10.2 Å². The van der Waals surface area contributed by atoms with Gasteiger partial charge in [0.1, 0.15) is 0 Å². The van der Waals surface area contributed by atoms with E-state index < -0.39 is 4.92 Å². The summed E-state index contributed by atoms with van der Waals surface area (Å²) < 4.78 is 1.19. The van der Waals surface area contributed by atoms with Gasteiger partial charge < -0.3 is 9.80 Å². The molecule has 0 radical (unpaired) electrons. The minimum absolute atomic E-state index is 0.00168. The molecule has 27 heavy (non-hydrogen) atoms. The lowest BCUT2D eigenvalue weighted by Gasteiger charge is -2.34. The fourth-order valence-electron chi connectivity index (χ4n) is 3.21. The van der Waals surface area contributed by atoms with Crippen molar-refractivity contribution in [1.29, 1.82) is 0 Å². The van der Waals surface area contributed by atoms with Crippen LogP contribution in [0.2, 0.25) is 0 Å². The minimum Gasteiger partial charge on any atom is -0.345 e. The molecule has 4 rings (SSSR count). The number of para-hydroxylation sites is 1. The van der Waals surface area contributed by atoms with Crippen LogP contribution in [0.15, 0.2) is 30.3 Å². The van der Waals surface area contributed by atoms with E-state index in [2.05, 4.69) is 30.0 Å². The molecule has 1 aliphatic heterocycles. The Labute approximate surface area is 164 Å². The number of benzene rings is 1. The molecule has 0 bridgehead atoms. The first-order valence-electron chi connectivity index (χ1n) is 8.73. The highest BCUT2D eigenvalue weighted by molar-refractivity contribution is 7.22. The number of rotatable bonds is 4. The molecule has 3 heterocycles. The molecule has 1 aliphatic rings. The second kappa shape index (κ2) is 7.24. The Morgan fingerprint density at radius 3 is 2.63 bits per heavy atom. The first-order chi connectivity index (χ1) is 13.1. The molecule has 7 nitrogen and oxygen atoms in total. The average Bonchev–Trinajstić information content (AvgIpc) is 3.34. The van der Waals surface area contributed by atoms with Crippen molar-refractivity contribution in [2.75, 3.05) is 31.1 Å². The first kappa shape index (κ1) is 17.9. The van der Waals surface area contributed by atoms with Crippen molar-refractivity contribution in [3.8, 4) is 0 Å². The molecular weight excluding hydrogens is 384 g/mol. The Kier molecular flexibility index (Phi) is 4.79. The van der Waals surface area contributed by atoms with Crippen molar-refractivity contribution in [1.82, 2.24) is 9.88 Å². The van der Waals surface area contributed by atoms with E-state index in [0.29, 0.717) is 31.1 Å². The number of hydrogen-bond acceptors (Lipinski definition) is 7. The molecule has 1 fully saturated rings. The van der Waals surface area contributed by atoms with E-state index in [1.54, 1.807) is 16.2 Å². The van der Waals surface area contributed by atoms with Crippen LogP contribution in [0.4, 0.5) is 10.1 Å². The normalized spacial score (nSPS) is 14.7. The zero-order valence-corrected chi connectivity index (χ0v) is 16.4.